The van der Waals surface area contributed by atoms with Crippen LogP contribution in [0.15, 0.2) is 54.6 Å². The van der Waals surface area contributed by atoms with Crippen LogP contribution in [0.2, 0.25) is 5.15 Å². The molecule has 0 bridgehead atoms. The molecule has 0 amide bonds. The lowest BCUT2D eigenvalue weighted by Gasteiger charge is -2.09. The monoisotopic (exact) mass is 368 g/mol. The number of aromatic nitrogens is 3. The zero-order valence-corrected chi connectivity index (χ0v) is 14.0. The Bertz CT molecular complexity index is 1130. The van der Waals surface area contributed by atoms with Gasteiger partial charge in [0, 0.05) is 16.5 Å². The summed E-state index contributed by atoms with van der Waals surface area (Å²) in [6.07, 6.45) is 0. The highest BCUT2D eigenvalue weighted by Crippen LogP contribution is 2.31. The first-order valence-corrected chi connectivity index (χ1v) is 8.04. The summed E-state index contributed by atoms with van der Waals surface area (Å²) in [6, 6.07) is 13.5. The summed E-state index contributed by atoms with van der Waals surface area (Å²) in [5, 5.41) is 0.803. The van der Waals surface area contributed by atoms with E-state index in [1.165, 1.54) is 24.3 Å². The Morgan fingerprint density at radius 1 is 0.769 bits per heavy atom. The molecule has 0 atom stereocenters. The van der Waals surface area contributed by atoms with Gasteiger partial charge in [-0.15, -0.1) is 0 Å². The molecule has 26 heavy (non-hydrogen) atoms. The Hall–Kier alpha value is -3.12. The number of benzene rings is 2. The summed E-state index contributed by atoms with van der Waals surface area (Å²) in [6.45, 7) is 0. The maximum atomic E-state index is 13.5. The third-order valence-corrected chi connectivity index (χ3v) is 4.18. The number of hydrogen-bond donors (Lipinski definition) is 1. The summed E-state index contributed by atoms with van der Waals surface area (Å²) >= 11 is 6.29. The zero-order valence-electron chi connectivity index (χ0n) is 13.2. The van der Waals surface area contributed by atoms with Gasteiger partial charge in [-0.3, -0.25) is 0 Å². The fourth-order valence-electron chi connectivity index (χ4n) is 2.68. The Labute approximate surface area is 152 Å². The molecule has 2 aromatic carbocycles. The molecule has 0 saturated heterocycles. The average Bonchev–Trinajstić information content (AvgIpc) is 2.61. The van der Waals surface area contributed by atoms with Gasteiger partial charge in [-0.2, -0.15) is 0 Å². The minimum atomic E-state index is -0.373. The van der Waals surface area contributed by atoms with Crippen molar-refractivity contribution in [1.82, 2.24) is 15.0 Å². The summed E-state index contributed by atoms with van der Waals surface area (Å²) in [5.74, 6) is -0.682. The number of nitrogens with two attached hydrogens (primary N) is 1. The number of pyridine rings is 1. The normalized spacial score (nSPS) is 11.0. The molecular weight excluding hydrogens is 358 g/mol. The van der Waals surface area contributed by atoms with Crippen molar-refractivity contribution in [3.63, 3.8) is 0 Å². The van der Waals surface area contributed by atoms with Crippen molar-refractivity contribution in [2.24, 2.45) is 0 Å². The van der Waals surface area contributed by atoms with Crippen molar-refractivity contribution in [2.75, 3.05) is 5.73 Å². The predicted octanol–water partition coefficient (Wildman–Crippen LogP) is 4.87. The van der Waals surface area contributed by atoms with E-state index in [1.54, 1.807) is 30.3 Å². The number of halogens is 3. The second-order valence-corrected chi connectivity index (χ2v) is 6.03. The summed E-state index contributed by atoms with van der Waals surface area (Å²) in [4.78, 5) is 12.7. The van der Waals surface area contributed by atoms with Crippen LogP contribution in [0.5, 0.6) is 0 Å². The fourth-order valence-corrected chi connectivity index (χ4v) is 2.92. The molecule has 0 aliphatic heterocycles. The molecule has 4 aromatic rings. The molecule has 4 nitrogen and oxygen atoms in total. The van der Waals surface area contributed by atoms with E-state index < -0.39 is 0 Å². The van der Waals surface area contributed by atoms with Gasteiger partial charge in [0.05, 0.1) is 16.9 Å². The van der Waals surface area contributed by atoms with E-state index >= 15 is 0 Å². The summed E-state index contributed by atoms with van der Waals surface area (Å²) < 4.78 is 26.7. The molecule has 7 heteroatoms. The van der Waals surface area contributed by atoms with Crippen molar-refractivity contribution >= 4 is 28.5 Å². The van der Waals surface area contributed by atoms with Gasteiger partial charge < -0.3 is 5.73 Å². The molecule has 0 aliphatic carbocycles. The van der Waals surface area contributed by atoms with Crippen LogP contribution in [-0.2, 0) is 0 Å². The van der Waals surface area contributed by atoms with Crippen molar-refractivity contribution in [3.8, 4) is 22.5 Å². The maximum absolute atomic E-state index is 13.5. The Morgan fingerprint density at radius 2 is 1.46 bits per heavy atom. The molecule has 0 saturated carbocycles. The standard InChI is InChI=1S/C19H11ClF2N4/c20-18-14(8-11-7-13(22)5-6-15(11)24-18)17-9-16(25-19(23)26-17)10-1-3-12(21)4-2-10/h1-9H,(H2,23,25,26). The highest BCUT2D eigenvalue weighted by molar-refractivity contribution is 6.32. The number of hydrogen-bond acceptors (Lipinski definition) is 4. The lowest BCUT2D eigenvalue weighted by atomic mass is 10.1. The first kappa shape index (κ1) is 16.4. The van der Waals surface area contributed by atoms with Crippen molar-refractivity contribution in [2.45, 2.75) is 0 Å². The number of nitrogens with zero attached hydrogens (tertiary/aromatic N) is 3. The molecule has 0 spiro atoms. The second-order valence-electron chi connectivity index (χ2n) is 5.67. The number of nitrogen functional groups attached to an aromatic ring is 1. The number of fused-ring (bicyclic) bond motifs is 1. The van der Waals surface area contributed by atoms with Gasteiger partial charge >= 0.3 is 0 Å². The Balaban J connectivity index is 1.89. The van der Waals surface area contributed by atoms with E-state index in [-0.39, 0.29) is 22.7 Å². The average molecular weight is 369 g/mol. The van der Waals surface area contributed by atoms with Crippen LogP contribution in [0.1, 0.15) is 0 Å². The number of rotatable bonds is 2. The van der Waals surface area contributed by atoms with E-state index in [0.717, 1.165) is 0 Å². The number of anilines is 1. The van der Waals surface area contributed by atoms with E-state index in [2.05, 4.69) is 15.0 Å². The van der Waals surface area contributed by atoms with Crippen LogP contribution in [0, 0.1) is 11.6 Å². The maximum Gasteiger partial charge on any atom is 0.221 e. The van der Waals surface area contributed by atoms with Crippen molar-refractivity contribution in [1.29, 1.82) is 0 Å². The van der Waals surface area contributed by atoms with Gasteiger partial charge in [-0.05, 0) is 54.6 Å². The zero-order chi connectivity index (χ0) is 18.3. The largest absolute Gasteiger partial charge is 0.368 e. The molecular formula is C19H11ClF2N4. The lowest BCUT2D eigenvalue weighted by Crippen LogP contribution is -1.99. The van der Waals surface area contributed by atoms with Crippen LogP contribution in [0.3, 0.4) is 0 Å². The fraction of sp³-hybridized carbons (Fsp3) is 0. The van der Waals surface area contributed by atoms with Gasteiger partial charge in [0.2, 0.25) is 5.95 Å². The summed E-state index contributed by atoms with van der Waals surface area (Å²) in [5.41, 5.74) is 8.54. The van der Waals surface area contributed by atoms with Crippen LogP contribution < -0.4 is 5.73 Å². The third kappa shape index (κ3) is 3.07. The van der Waals surface area contributed by atoms with Crippen LogP contribution >= 0.6 is 11.6 Å². The smallest absolute Gasteiger partial charge is 0.221 e. The summed E-state index contributed by atoms with van der Waals surface area (Å²) in [7, 11) is 0. The van der Waals surface area contributed by atoms with E-state index in [9.17, 15) is 8.78 Å². The molecule has 0 aliphatic rings. The topological polar surface area (TPSA) is 64.7 Å². The first-order valence-electron chi connectivity index (χ1n) is 7.66. The third-order valence-electron chi connectivity index (χ3n) is 3.89. The van der Waals surface area contributed by atoms with Gasteiger partial charge in [0.25, 0.3) is 0 Å². The highest BCUT2D eigenvalue weighted by atomic mass is 35.5. The molecule has 0 radical (unpaired) electrons. The molecule has 4 rings (SSSR count). The van der Waals surface area contributed by atoms with Crippen LogP contribution in [0.4, 0.5) is 14.7 Å². The molecule has 2 aromatic heterocycles. The van der Waals surface area contributed by atoms with Gasteiger partial charge in [0.15, 0.2) is 0 Å². The predicted molar refractivity (Wildman–Crippen MR) is 97.5 cm³/mol. The molecule has 0 unspecified atom stereocenters. The van der Waals surface area contributed by atoms with Gasteiger partial charge in [0.1, 0.15) is 16.8 Å². The molecule has 128 valence electrons. The quantitative estimate of drug-likeness (QED) is 0.512. The molecule has 2 N–H and O–H groups in total. The van der Waals surface area contributed by atoms with E-state index in [4.69, 9.17) is 17.3 Å². The lowest BCUT2D eigenvalue weighted by molar-refractivity contribution is 0.628. The Morgan fingerprint density at radius 3 is 2.23 bits per heavy atom. The highest BCUT2D eigenvalue weighted by Gasteiger charge is 2.13. The van der Waals surface area contributed by atoms with Gasteiger partial charge in [-0.1, -0.05) is 11.6 Å². The van der Waals surface area contributed by atoms with Gasteiger partial charge in [-0.25, -0.2) is 23.7 Å². The molecule has 2 heterocycles. The van der Waals surface area contributed by atoms with Crippen LogP contribution in [0.25, 0.3) is 33.4 Å². The first-order chi connectivity index (χ1) is 12.5. The Kier molecular flexibility index (Phi) is 3.97. The van der Waals surface area contributed by atoms with E-state index in [0.29, 0.717) is 33.4 Å². The van der Waals surface area contributed by atoms with Crippen molar-refractivity contribution in [3.05, 3.63) is 71.4 Å². The second kappa shape index (κ2) is 6.31. The van der Waals surface area contributed by atoms with Crippen molar-refractivity contribution < 1.29 is 8.78 Å². The minimum Gasteiger partial charge on any atom is -0.368 e. The van der Waals surface area contributed by atoms with E-state index in [1.807, 2.05) is 0 Å². The SMILES string of the molecule is Nc1nc(-c2ccc(F)cc2)cc(-c2cc3cc(F)ccc3nc2Cl)n1. The minimum absolute atomic E-state index is 0.0391. The van der Waals surface area contributed by atoms with Crippen LogP contribution in [-0.4, -0.2) is 15.0 Å². The molecule has 0 fully saturated rings.